The monoisotopic (exact) mass is 313 g/mol. The van der Waals surface area contributed by atoms with Crippen LogP contribution in [0.4, 0.5) is 0 Å². The van der Waals surface area contributed by atoms with Crippen molar-refractivity contribution in [1.29, 1.82) is 0 Å². The Morgan fingerprint density at radius 3 is 2.86 bits per heavy atom. The number of aryl methyl sites for hydroxylation is 1. The lowest BCUT2D eigenvalue weighted by Crippen LogP contribution is -2.22. The van der Waals surface area contributed by atoms with Crippen LogP contribution in [-0.4, -0.2) is 16.0 Å². The molecular weight excluding hydrogens is 298 g/mol. The fourth-order valence-corrected chi connectivity index (χ4v) is 2.61. The molecule has 0 radical (unpaired) electrons. The van der Waals surface area contributed by atoms with Crippen molar-refractivity contribution in [2.24, 2.45) is 0 Å². The van der Waals surface area contributed by atoms with Crippen LogP contribution in [-0.2, 0) is 17.8 Å². The maximum absolute atomic E-state index is 11.8. The van der Waals surface area contributed by atoms with Crippen LogP contribution in [0.25, 0.3) is 11.4 Å². The summed E-state index contributed by atoms with van der Waals surface area (Å²) in [5.74, 6) is 1.02. The number of carbonyl (C=O) groups excluding carboxylic acids is 1. The van der Waals surface area contributed by atoms with Crippen molar-refractivity contribution in [1.82, 2.24) is 15.5 Å². The van der Waals surface area contributed by atoms with E-state index < -0.39 is 0 Å². The van der Waals surface area contributed by atoms with E-state index in [2.05, 4.69) is 15.5 Å². The predicted octanol–water partition coefficient (Wildman–Crippen LogP) is 3.05. The van der Waals surface area contributed by atoms with Gasteiger partial charge in [-0.25, -0.2) is 0 Å². The lowest BCUT2D eigenvalue weighted by Gasteiger charge is -2.03. The summed E-state index contributed by atoms with van der Waals surface area (Å²) in [6.07, 6.45) is 0.774. The Balaban J connectivity index is 1.47. The summed E-state index contributed by atoms with van der Waals surface area (Å²) in [7, 11) is 0. The smallest absolute Gasteiger partial charge is 0.227 e. The quantitative estimate of drug-likeness (QED) is 0.759. The molecule has 3 aromatic rings. The molecule has 0 aliphatic heterocycles. The summed E-state index contributed by atoms with van der Waals surface area (Å²) >= 11 is 1.58. The number of carbonyl (C=O) groups is 1. The minimum absolute atomic E-state index is 0.0286. The standard InChI is InChI=1S/C16H15N3O2S/c20-14(17-10-12-4-2-1-3-5-12)6-7-15-18-16(19-21-15)13-8-9-22-11-13/h1-5,8-9,11H,6-7,10H2,(H,17,20). The molecule has 112 valence electrons. The van der Waals surface area contributed by atoms with Crippen molar-refractivity contribution in [3.63, 3.8) is 0 Å². The highest BCUT2D eigenvalue weighted by molar-refractivity contribution is 7.08. The van der Waals surface area contributed by atoms with Crippen molar-refractivity contribution in [2.45, 2.75) is 19.4 Å². The summed E-state index contributed by atoms with van der Waals surface area (Å²) in [6, 6.07) is 11.7. The van der Waals surface area contributed by atoms with Gasteiger partial charge in [-0.1, -0.05) is 35.5 Å². The van der Waals surface area contributed by atoms with Crippen LogP contribution in [0.5, 0.6) is 0 Å². The molecule has 1 aromatic carbocycles. The summed E-state index contributed by atoms with van der Waals surface area (Å²) in [5, 5.41) is 10.7. The van der Waals surface area contributed by atoms with E-state index >= 15 is 0 Å². The molecule has 0 fully saturated rings. The second-order valence-corrected chi connectivity index (χ2v) is 5.57. The van der Waals surface area contributed by atoms with Crippen LogP contribution in [0.15, 0.2) is 51.7 Å². The molecule has 0 aliphatic carbocycles. The highest BCUT2D eigenvalue weighted by atomic mass is 32.1. The van der Waals surface area contributed by atoms with Gasteiger partial charge in [0.2, 0.25) is 17.6 Å². The Labute approximate surface area is 132 Å². The Kier molecular flexibility index (Phi) is 4.60. The third-order valence-corrected chi connectivity index (χ3v) is 3.83. The lowest BCUT2D eigenvalue weighted by molar-refractivity contribution is -0.121. The van der Waals surface area contributed by atoms with Gasteiger partial charge < -0.3 is 9.84 Å². The number of nitrogens with one attached hydrogen (secondary N) is 1. The molecule has 0 bridgehead atoms. The molecule has 5 nitrogen and oxygen atoms in total. The van der Waals surface area contributed by atoms with Crippen LogP contribution in [0.1, 0.15) is 17.9 Å². The third kappa shape index (κ3) is 3.79. The molecule has 3 rings (SSSR count). The van der Waals surface area contributed by atoms with E-state index in [9.17, 15) is 4.79 Å². The first kappa shape index (κ1) is 14.5. The van der Waals surface area contributed by atoms with E-state index in [1.807, 2.05) is 47.2 Å². The first-order chi connectivity index (χ1) is 10.8. The fourth-order valence-electron chi connectivity index (χ4n) is 1.97. The largest absolute Gasteiger partial charge is 0.352 e. The molecule has 0 aliphatic rings. The third-order valence-electron chi connectivity index (χ3n) is 3.15. The van der Waals surface area contributed by atoms with Gasteiger partial charge in [0.05, 0.1) is 0 Å². The molecule has 0 saturated heterocycles. The van der Waals surface area contributed by atoms with Crippen molar-refractivity contribution in [3.8, 4) is 11.4 Å². The van der Waals surface area contributed by atoms with Crippen molar-refractivity contribution in [3.05, 3.63) is 58.6 Å². The van der Waals surface area contributed by atoms with Crippen molar-refractivity contribution in [2.75, 3.05) is 0 Å². The highest BCUT2D eigenvalue weighted by Gasteiger charge is 2.10. The molecular formula is C16H15N3O2S. The molecule has 0 unspecified atom stereocenters. The van der Waals surface area contributed by atoms with Gasteiger partial charge in [-0.2, -0.15) is 16.3 Å². The van der Waals surface area contributed by atoms with Crippen molar-refractivity contribution >= 4 is 17.2 Å². The predicted molar refractivity (Wildman–Crippen MR) is 84.2 cm³/mol. The topological polar surface area (TPSA) is 68.0 Å². The highest BCUT2D eigenvalue weighted by Crippen LogP contribution is 2.18. The van der Waals surface area contributed by atoms with Crippen molar-refractivity contribution < 1.29 is 9.32 Å². The molecule has 0 spiro atoms. The van der Waals surface area contributed by atoms with Crippen LogP contribution in [0.3, 0.4) is 0 Å². The van der Waals surface area contributed by atoms with Gasteiger partial charge in [0.25, 0.3) is 0 Å². The van der Waals surface area contributed by atoms with Gasteiger partial charge in [-0.15, -0.1) is 0 Å². The van der Waals surface area contributed by atoms with Crippen LogP contribution >= 0.6 is 11.3 Å². The Hall–Kier alpha value is -2.47. The molecule has 22 heavy (non-hydrogen) atoms. The number of hydrogen-bond acceptors (Lipinski definition) is 5. The Bertz CT molecular complexity index is 723. The van der Waals surface area contributed by atoms with Gasteiger partial charge in [-0.3, -0.25) is 4.79 Å². The molecule has 1 amide bonds. The first-order valence-corrected chi connectivity index (χ1v) is 7.91. The summed E-state index contributed by atoms with van der Waals surface area (Å²) < 4.78 is 5.17. The number of aromatic nitrogens is 2. The van der Waals surface area contributed by atoms with Gasteiger partial charge in [-0.05, 0) is 17.0 Å². The number of benzene rings is 1. The zero-order valence-corrected chi connectivity index (χ0v) is 12.7. The molecule has 6 heteroatoms. The molecule has 0 saturated carbocycles. The number of amides is 1. The zero-order chi connectivity index (χ0) is 15.2. The van der Waals surface area contributed by atoms with E-state index in [1.54, 1.807) is 11.3 Å². The van der Waals surface area contributed by atoms with E-state index in [0.717, 1.165) is 11.1 Å². The lowest BCUT2D eigenvalue weighted by atomic mass is 10.2. The van der Waals surface area contributed by atoms with Gasteiger partial charge in [0.1, 0.15) is 0 Å². The normalized spacial score (nSPS) is 10.5. The SMILES string of the molecule is O=C(CCc1nc(-c2ccsc2)no1)NCc1ccccc1. The number of rotatable bonds is 6. The average molecular weight is 313 g/mol. The summed E-state index contributed by atoms with van der Waals surface area (Å²) in [4.78, 5) is 16.1. The second-order valence-electron chi connectivity index (χ2n) is 4.79. The van der Waals surface area contributed by atoms with Crippen LogP contribution in [0, 0.1) is 0 Å². The molecule has 2 heterocycles. The molecule has 0 atom stereocenters. The molecule has 1 N–H and O–H groups in total. The number of nitrogens with zero attached hydrogens (tertiary/aromatic N) is 2. The summed E-state index contributed by atoms with van der Waals surface area (Å²) in [6.45, 7) is 0.531. The number of thiophene rings is 1. The second kappa shape index (κ2) is 7.00. The molecule has 2 aromatic heterocycles. The minimum Gasteiger partial charge on any atom is -0.352 e. The van der Waals surface area contributed by atoms with E-state index in [-0.39, 0.29) is 5.91 Å². The minimum atomic E-state index is -0.0286. The zero-order valence-electron chi connectivity index (χ0n) is 11.9. The maximum atomic E-state index is 11.8. The van der Waals surface area contributed by atoms with Gasteiger partial charge in [0.15, 0.2) is 0 Å². The average Bonchev–Trinajstić information content (AvgIpc) is 3.22. The van der Waals surface area contributed by atoms with Gasteiger partial charge in [0, 0.05) is 30.3 Å². The van der Waals surface area contributed by atoms with E-state index in [4.69, 9.17) is 4.52 Å². The number of hydrogen-bond donors (Lipinski definition) is 1. The Morgan fingerprint density at radius 1 is 1.23 bits per heavy atom. The summed E-state index contributed by atoms with van der Waals surface area (Å²) in [5.41, 5.74) is 2.02. The van der Waals surface area contributed by atoms with E-state index in [1.165, 1.54) is 0 Å². The fraction of sp³-hybridized carbons (Fsp3) is 0.188. The maximum Gasteiger partial charge on any atom is 0.227 e. The first-order valence-electron chi connectivity index (χ1n) is 6.97. The van der Waals surface area contributed by atoms with Gasteiger partial charge >= 0.3 is 0 Å². The van der Waals surface area contributed by atoms with Crippen LogP contribution < -0.4 is 5.32 Å². The van der Waals surface area contributed by atoms with Crippen LogP contribution in [0.2, 0.25) is 0 Å². The van der Waals surface area contributed by atoms with E-state index in [0.29, 0.717) is 31.1 Å². The Morgan fingerprint density at radius 2 is 2.09 bits per heavy atom.